The highest BCUT2D eigenvalue weighted by Gasteiger charge is 2.42. The van der Waals surface area contributed by atoms with Crippen molar-refractivity contribution < 1.29 is 14.7 Å². The second-order valence-electron chi connectivity index (χ2n) is 5.09. The van der Waals surface area contributed by atoms with Gasteiger partial charge in [-0.25, -0.2) is 4.79 Å². The summed E-state index contributed by atoms with van der Waals surface area (Å²) < 4.78 is 0. The highest BCUT2D eigenvalue weighted by Crippen LogP contribution is 2.30. The fraction of sp³-hybridized carbons (Fsp3) is 0.333. The van der Waals surface area contributed by atoms with E-state index in [9.17, 15) is 14.7 Å². The molecule has 1 aromatic rings. The average molecular weight is 328 g/mol. The molecule has 2 N–H and O–H groups in total. The second kappa shape index (κ2) is 6.50. The zero-order valence-electron chi connectivity index (χ0n) is 11.2. The Morgan fingerprint density at radius 1 is 1.19 bits per heavy atom. The van der Waals surface area contributed by atoms with Crippen molar-refractivity contribution >= 4 is 41.2 Å². The van der Waals surface area contributed by atoms with E-state index in [1.807, 2.05) is 0 Å². The number of halogens is 2. The van der Waals surface area contributed by atoms with Crippen molar-refractivity contribution in [2.24, 2.45) is 0 Å². The Morgan fingerprint density at radius 2 is 1.86 bits per heavy atom. The number of hydrogen-bond donors (Lipinski definition) is 2. The molecule has 1 aliphatic carbocycles. The molecule has 0 atom stereocenters. The summed E-state index contributed by atoms with van der Waals surface area (Å²) in [6.45, 7) is 0. The minimum atomic E-state index is -1.13. The maximum Gasteiger partial charge on any atom is 0.329 e. The van der Waals surface area contributed by atoms with Gasteiger partial charge < -0.3 is 10.4 Å². The molecular formula is C15H15Cl2NO3. The smallest absolute Gasteiger partial charge is 0.329 e. The minimum absolute atomic E-state index is 0.400. The molecular weight excluding hydrogens is 313 g/mol. The minimum Gasteiger partial charge on any atom is -0.480 e. The second-order valence-corrected chi connectivity index (χ2v) is 5.90. The molecule has 1 aliphatic rings. The molecule has 21 heavy (non-hydrogen) atoms. The number of carboxylic acid groups (broad SMARTS) is 1. The summed E-state index contributed by atoms with van der Waals surface area (Å²) in [4.78, 5) is 23.3. The zero-order valence-corrected chi connectivity index (χ0v) is 12.7. The third kappa shape index (κ3) is 3.77. The summed E-state index contributed by atoms with van der Waals surface area (Å²) in [5.74, 6) is -1.40. The molecule has 0 bridgehead atoms. The molecule has 1 amide bonds. The lowest BCUT2D eigenvalue weighted by Gasteiger charge is -2.24. The van der Waals surface area contributed by atoms with Crippen LogP contribution < -0.4 is 5.32 Å². The van der Waals surface area contributed by atoms with Crippen molar-refractivity contribution in [3.63, 3.8) is 0 Å². The predicted molar refractivity (Wildman–Crippen MR) is 82.5 cm³/mol. The predicted octanol–water partition coefficient (Wildman–Crippen LogP) is 3.52. The first-order valence-corrected chi connectivity index (χ1v) is 7.37. The molecule has 0 heterocycles. The van der Waals surface area contributed by atoms with Crippen LogP contribution in [0.3, 0.4) is 0 Å². The molecule has 6 heteroatoms. The first kappa shape index (κ1) is 15.9. The maximum absolute atomic E-state index is 11.9. The normalized spacial score (nSPS) is 17.0. The summed E-state index contributed by atoms with van der Waals surface area (Å²) in [5, 5.41) is 12.7. The molecule has 0 saturated heterocycles. The Balaban J connectivity index is 2.05. The Hall–Kier alpha value is -1.52. The zero-order chi connectivity index (χ0) is 15.5. The van der Waals surface area contributed by atoms with Gasteiger partial charge in [-0.15, -0.1) is 0 Å². The van der Waals surface area contributed by atoms with Gasteiger partial charge in [-0.1, -0.05) is 42.1 Å². The van der Waals surface area contributed by atoms with Crippen LogP contribution >= 0.6 is 23.2 Å². The molecule has 0 spiro atoms. The molecule has 1 saturated carbocycles. The summed E-state index contributed by atoms with van der Waals surface area (Å²) in [5.41, 5.74) is -0.408. The van der Waals surface area contributed by atoms with Crippen LogP contribution in [0.2, 0.25) is 10.0 Å². The number of hydrogen-bond acceptors (Lipinski definition) is 2. The summed E-state index contributed by atoms with van der Waals surface area (Å²) >= 11 is 11.7. The van der Waals surface area contributed by atoms with Crippen molar-refractivity contribution in [3.05, 3.63) is 39.9 Å². The largest absolute Gasteiger partial charge is 0.480 e. The van der Waals surface area contributed by atoms with Gasteiger partial charge in [0.1, 0.15) is 5.54 Å². The summed E-state index contributed by atoms with van der Waals surface area (Å²) in [6.07, 6.45) is 5.43. The van der Waals surface area contributed by atoms with E-state index < -0.39 is 17.4 Å². The number of nitrogens with one attached hydrogen (secondary N) is 1. The number of carboxylic acids is 1. The van der Waals surface area contributed by atoms with Gasteiger partial charge in [-0.05, 0) is 36.6 Å². The molecule has 4 nitrogen and oxygen atoms in total. The van der Waals surface area contributed by atoms with Crippen LogP contribution in [0.1, 0.15) is 31.2 Å². The number of amides is 1. The maximum atomic E-state index is 11.9. The number of rotatable bonds is 4. The fourth-order valence-corrected chi connectivity index (χ4v) is 2.74. The number of carbonyl (C=O) groups is 2. The standard InChI is InChI=1S/C15H15Cl2NO3/c16-11-5-3-10(9-12(11)17)4-6-13(19)18-15(14(20)21)7-1-2-8-15/h3-6,9H,1-2,7-8H2,(H,18,19)(H,20,21)/b6-4+. The number of benzene rings is 1. The van der Waals surface area contributed by atoms with E-state index in [-0.39, 0.29) is 0 Å². The van der Waals surface area contributed by atoms with E-state index in [0.717, 1.165) is 18.4 Å². The van der Waals surface area contributed by atoms with Crippen molar-refractivity contribution in [1.82, 2.24) is 5.32 Å². The SMILES string of the molecule is O=C(/C=C/c1ccc(Cl)c(Cl)c1)NC1(C(=O)O)CCCC1. The van der Waals surface area contributed by atoms with Crippen LogP contribution in [-0.2, 0) is 9.59 Å². The van der Waals surface area contributed by atoms with Crippen molar-refractivity contribution in [2.45, 2.75) is 31.2 Å². The van der Waals surface area contributed by atoms with Gasteiger partial charge in [0.2, 0.25) is 5.91 Å². The molecule has 2 rings (SSSR count). The van der Waals surface area contributed by atoms with E-state index in [2.05, 4.69) is 5.32 Å². The van der Waals surface area contributed by atoms with E-state index >= 15 is 0 Å². The molecule has 0 unspecified atom stereocenters. The lowest BCUT2D eigenvalue weighted by molar-refractivity contribution is -0.146. The Bertz CT molecular complexity index is 593. The summed E-state index contributed by atoms with van der Waals surface area (Å²) in [7, 11) is 0. The van der Waals surface area contributed by atoms with Crippen molar-refractivity contribution in [1.29, 1.82) is 0 Å². The summed E-state index contributed by atoms with van der Waals surface area (Å²) in [6, 6.07) is 4.99. The van der Waals surface area contributed by atoms with Crippen LogP contribution in [0.25, 0.3) is 6.08 Å². The van der Waals surface area contributed by atoms with Crippen molar-refractivity contribution in [3.8, 4) is 0 Å². The van der Waals surface area contributed by atoms with E-state index in [0.29, 0.717) is 22.9 Å². The molecule has 0 radical (unpaired) electrons. The Morgan fingerprint density at radius 3 is 2.43 bits per heavy atom. The van der Waals surface area contributed by atoms with E-state index in [4.69, 9.17) is 23.2 Å². The molecule has 0 aromatic heterocycles. The third-order valence-electron chi connectivity index (χ3n) is 3.60. The van der Waals surface area contributed by atoms with Gasteiger partial charge in [0, 0.05) is 6.08 Å². The van der Waals surface area contributed by atoms with Crippen molar-refractivity contribution in [2.75, 3.05) is 0 Å². The van der Waals surface area contributed by atoms with Gasteiger partial charge >= 0.3 is 5.97 Å². The number of aliphatic carboxylic acids is 1. The van der Waals surface area contributed by atoms with Crippen LogP contribution in [-0.4, -0.2) is 22.5 Å². The van der Waals surface area contributed by atoms with E-state index in [1.54, 1.807) is 24.3 Å². The topological polar surface area (TPSA) is 66.4 Å². The van der Waals surface area contributed by atoms with Crippen LogP contribution in [0.15, 0.2) is 24.3 Å². The lowest BCUT2D eigenvalue weighted by Crippen LogP contribution is -2.52. The Labute approximate surface area is 132 Å². The monoisotopic (exact) mass is 327 g/mol. The van der Waals surface area contributed by atoms with Gasteiger partial charge in [0.25, 0.3) is 0 Å². The quantitative estimate of drug-likeness (QED) is 0.831. The van der Waals surface area contributed by atoms with E-state index in [1.165, 1.54) is 6.08 Å². The van der Waals surface area contributed by atoms with Crippen LogP contribution in [0.4, 0.5) is 0 Å². The van der Waals surface area contributed by atoms with Gasteiger partial charge in [-0.2, -0.15) is 0 Å². The lowest BCUT2D eigenvalue weighted by atomic mass is 9.98. The molecule has 112 valence electrons. The van der Waals surface area contributed by atoms with Gasteiger partial charge in [-0.3, -0.25) is 4.79 Å². The van der Waals surface area contributed by atoms with Gasteiger partial charge in [0.05, 0.1) is 10.0 Å². The highest BCUT2D eigenvalue weighted by atomic mass is 35.5. The fourth-order valence-electron chi connectivity index (χ4n) is 2.44. The average Bonchev–Trinajstić information content (AvgIpc) is 2.90. The third-order valence-corrected chi connectivity index (χ3v) is 4.34. The molecule has 0 aliphatic heterocycles. The molecule has 1 fully saturated rings. The van der Waals surface area contributed by atoms with Crippen LogP contribution in [0, 0.1) is 0 Å². The highest BCUT2D eigenvalue weighted by molar-refractivity contribution is 6.42. The molecule has 1 aromatic carbocycles. The van der Waals surface area contributed by atoms with Gasteiger partial charge in [0.15, 0.2) is 0 Å². The Kier molecular flexibility index (Phi) is 4.91. The number of carbonyl (C=O) groups excluding carboxylic acids is 1. The first-order valence-electron chi connectivity index (χ1n) is 6.62. The van der Waals surface area contributed by atoms with Crippen LogP contribution in [0.5, 0.6) is 0 Å². The first-order chi connectivity index (χ1) is 9.93.